The number of nitrogens with one attached hydrogen (secondary N) is 1. The van der Waals surface area contributed by atoms with E-state index in [0.717, 1.165) is 0 Å². The van der Waals surface area contributed by atoms with Crippen molar-refractivity contribution in [3.8, 4) is 17.5 Å². The molecular weight excluding hydrogens is 610 g/mol. The van der Waals surface area contributed by atoms with E-state index in [1.807, 2.05) is 49.4 Å². The molecule has 0 unspecified atom stereocenters. The molecule has 0 aliphatic carbocycles. The zero-order valence-electron chi connectivity index (χ0n) is 21.7. The number of anilines is 1. The maximum Gasteiger partial charge on any atom is 0.318 e. The summed E-state index contributed by atoms with van der Waals surface area (Å²) >= 11 is 10.5. The number of benzene rings is 2. The summed E-state index contributed by atoms with van der Waals surface area (Å²) in [6.45, 7) is 1.86. The molecule has 10 nitrogen and oxygen atoms in total. The van der Waals surface area contributed by atoms with E-state index in [2.05, 4.69) is 41.2 Å². The molecule has 0 saturated heterocycles. The van der Waals surface area contributed by atoms with Crippen LogP contribution in [0.4, 0.5) is 5.82 Å². The minimum Gasteiger partial charge on any atom is -0.467 e. The molecule has 2 aromatic carbocycles. The van der Waals surface area contributed by atoms with Gasteiger partial charge >= 0.3 is 6.01 Å². The fourth-order valence-electron chi connectivity index (χ4n) is 4.79. The van der Waals surface area contributed by atoms with E-state index in [1.165, 1.54) is 19.5 Å². The lowest BCUT2D eigenvalue weighted by molar-refractivity contribution is 0.379. The highest BCUT2D eigenvalue weighted by molar-refractivity contribution is 9.10. The Labute approximate surface area is 246 Å². The lowest BCUT2D eigenvalue weighted by Gasteiger charge is -2.23. The normalized spacial score (nSPS) is 12.0. The van der Waals surface area contributed by atoms with Crippen molar-refractivity contribution < 1.29 is 4.74 Å². The molecule has 0 saturated carbocycles. The molecular formula is C29H21BrClN7O3. The summed E-state index contributed by atoms with van der Waals surface area (Å²) in [7, 11) is 1.47. The number of aromatic nitrogens is 6. The summed E-state index contributed by atoms with van der Waals surface area (Å²) in [5, 5.41) is 5.10. The van der Waals surface area contributed by atoms with Gasteiger partial charge in [-0.25, -0.2) is 15.0 Å². The van der Waals surface area contributed by atoms with Crippen LogP contribution in [0.25, 0.3) is 33.3 Å². The van der Waals surface area contributed by atoms with E-state index < -0.39 is 6.04 Å². The molecule has 0 aliphatic heterocycles. The van der Waals surface area contributed by atoms with Crippen LogP contribution in [0.1, 0.15) is 18.7 Å². The molecule has 0 radical (unpaired) electrons. The summed E-state index contributed by atoms with van der Waals surface area (Å²) in [6, 6.07) is 17.5. The van der Waals surface area contributed by atoms with E-state index in [9.17, 15) is 9.59 Å². The number of pyridine rings is 2. The molecule has 6 rings (SSSR count). The van der Waals surface area contributed by atoms with Crippen molar-refractivity contribution in [2.45, 2.75) is 13.0 Å². The number of rotatable bonds is 6. The molecule has 204 valence electrons. The fourth-order valence-corrected chi connectivity index (χ4v) is 5.58. The van der Waals surface area contributed by atoms with Gasteiger partial charge in [0.1, 0.15) is 17.5 Å². The third kappa shape index (κ3) is 4.62. The van der Waals surface area contributed by atoms with Crippen LogP contribution in [0, 0.1) is 0 Å². The number of hydrogen-bond acceptors (Lipinski definition) is 8. The van der Waals surface area contributed by atoms with Gasteiger partial charge in [0, 0.05) is 28.7 Å². The average molecular weight is 631 g/mol. The van der Waals surface area contributed by atoms with E-state index >= 15 is 0 Å². The molecule has 0 spiro atoms. The number of nitrogens with zero attached hydrogens (tertiary/aromatic N) is 6. The van der Waals surface area contributed by atoms with Gasteiger partial charge in [0.05, 0.1) is 34.5 Å². The first kappa shape index (κ1) is 26.6. The van der Waals surface area contributed by atoms with E-state index in [1.54, 1.807) is 33.7 Å². The average Bonchev–Trinajstić information content (AvgIpc) is 3.00. The van der Waals surface area contributed by atoms with Crippen LogP contribution in [0.5, 0.6) is 6.01 Å². The Hall–Kier alpha value is -4.61. The van der Waals surface area contributed by atoms with Crippen LogP contribution < -0.4 is 21.0 Å². The van der Waals surface area contributed by atoms with Crippen LogP contribution in [0.15, 0.2) is 93.4 Å². The zero-order valence-corrected chi connectivity index (χ0v) is 24.1. The first-order valence-electron chi connectivity index (χ1n) is 12.5. The summed E-state index contributed by atoms with van der Waals surface area (Å²) in [6.07, 6.45) is 4.48. The lowest BCUT2D eigenvalue weighted by Crippen LogP contribution is -2.26. The van der Waals surface area contributed by atoms with Gasteiger partial charge in [-0.2, -0.15) is 4.98 Å². The van der Waals surface area contributed by atoms with Gasteiger partial charge < -0.3 is 10.1 Å². The second kappa shape index (κ2) is 10.8. The van der Waals surface area contributed by atoms with Crippen LogP contribution in [-0.2, 0) is 0 Å². The Kier molecular flexibility index (Phi) is 6.98. The third-order valence-corrected chi connectivity index (χ3v) is 7.59. The molecule has 1 atom stereocenters. The molecule has 41 heavy (non-hydrogen) atoms. The van der Waals surface area contributed by atoms with Gasteiger partial charge in [0.2, 0.25) is 0 Å². The predicted molar refractivity (Wildman–Crippen MR) is 162 cm³/mol. The highest BCUT2D eigenvalue weighted by Gasteiger charge is 2.23. The number of hydrogen-bond donors (Lipinski definition) is 1. The maximum absolute atomic E-state index is 13.8. The van der Waals surface area contributed by atoms with Crippen molar-refractivity contribution in [1.29, 1.82) is 0 Å². The van der Waals surface area contributed by atoms with Gasteiger partial charge in [-0.05, 0) is 41.1 Å². The largest absolute Gasteiger partial charge is 0.467 e. The fraction of sp³-hybridized carbons (Fsp3) is 0.103. The highest BCUT2D eigenvalue weighted by Crippen LogP contribution is 2.33. The van der Waals surface area contributed by atoms with Gasteiger partial charge in [-0.1, -0.05) is 48.0 Å². The predicted octanol–water partition coefficient (Wildman–Crippen LogP) is 5.47. The smallest absolute Gasteiger partial charge is 0.318 e. The SMILES string of the molecule is COc1ncc(Br)c(-n2ccc(=O)c3c(N[C@@H](C)c4c(Cl)c5ccccc5c(=O)n4-c4ccccc4)ncnc32)n1. The molecule has 0 aliphatic rings. The summed E-state index contributed by atoms with van der Waals surface area (Å²) < 4.78 is 8.99. The maximum atomic E-state index is 13.8. The second-order valence-electron chi connectivity index (χ2n) is 9.09. The number of fused-ring (bicyclic) bond motifs is 2. The summed E-state index contributed by atoms with van der Waals surface area (Å²) in [4.78, 5) is 44.3. The van der Waals surface area contributed by atoms with Gasteiger partial charge in [0.15, 0.2) is 16.9 Å². The Balaban J connectivity index is 1.54. The highest BCUT2D eigenvalue weighted by atomic mass is 79.9. The quantitative estimate of drug-likeness (QED) is 0.258. The standard InChI is InChI=1S/C29H21BrClN7O3/c1-16(24-23(31)18-10-6-7-11-19(18)28(40)38(24)17-8-4-3-5-9-17)35-25-22-21(39)12-13-37(27(22)34-15-33-25)26-20(30)14-32-29(36-26)41-2/h3-16H,1-2H3,(H,33,34,35)/t16-/m0/s1. The van der Waals surface area contributed by atoms with Crippen molar-refractivity contribution in [2.24, 2.45) is 0 Å². The zero-order chi connectivity index (χ0) is 28.7. The first-order valence-corrected chi connectivity index (χ1v) is 13.6. The van der Waals surface area contributed by atoms with Gasteiger partial charge in [0.25, 0.3) is 5.56 Å². The summed E-state index contributed by atoms with van der Waals surface area (Å²) in [5.74, 6) is 0.699. The van der Waals surface area contributed by atoms with Crippen molar-refractivity contribution in [2.75, 3.05) is 12.4 Å². The summed E-state index contributed by atoms with van der Waals surface area (Å²) in [5.41, 5.74) is 0.985. The Morgan fingerprint density at radius 3 is 2.46 bits per heavy atom. The Morgan fingerprint density at radius 2 is 1.71 bits per heavy atom. The van der Waals surface area contributed by atoms with Crippen molar-refractivity contribution in [3.63, 3.8) is 0 Å². The van der Waals surface area contributed by atoms with Crippen LogP contribution in [0.3, 0.4) is 0 Å². The number of para-hydroxylation sites is 1. The number of methoxy groups -OCH3 is 1. The molecule has 1 N–H and O–H groups in total. The van der Waals surface area contributed by atoms with E-state index in [-0.39, 0.29) is 28.2 Å². The molecule has 4 heterocycles. The number of ether oxygens (including phenoxy) is 1. The second-order valence-corrected chi connectivity index (χ2v) is 10.3. The van der Waals surface area contributed by atoms with Crippen molar-refractivity contribution in [1.82, 2.24) is 29.1 Å². The van der Waals surface area contributed by atoms with Crippen LogP contribution in [-0.4, -0.2) is 36.2 Å². The van der Waals surface area contributed by atoms with E-state index in [0.29, 0.717) is 43.1 Å². The molecule has 6 aromatic rings. The molecule has 0 fully saturated rings. The molecule has 4 aromatic heterocycles. The minimum absolute atomic E-state index is 0.154. The number of halogens is 2. The van der Waals surface area contributed by atoms with Crippen molar-refractivity contribution in [3.05, 3.63) is 115 Å². The topological polar surface area (TPSA) is 117 Å². The molecule has 0 amide bonds. The van der Waals surface area contributed by atoms with Gasteiger partial charge in [-0.3, -0.25) is 18.7 Å². The monoisotopic (exact) mass is 629 g/mol. The minimum atomic E-state index is -0.558. The van der Waals surface area contributed by atoms with Gasteiger partial charge in [-0.15, -0.1) is 0 Å². The molecule has 0 bridgehead atoms. The van der Waals surface area contributed by atoms with Crippen molar-refractivity contribution >= 4 is 55.2 Å². The Bertz CT molecular complexity index is 2070. The Morgan fingerprint density at radius 1 is 0.976 bits per heavy atom. The first-order chi connectivity index (χ1) is 19.9. The molecule has 12 heteroatoms. The van der Waals surface area contributed by atoms with Crippen LogP contribution >= 0.6 is 27.5 Å². The van der Waals surface area contributed by atoms with E-state index in [4.69, 9.17) is 16.3 Å². The third-order valence-electron chi connectivity index (χ3n) is 6.63. The van der Waals surface area contributed by atoms with Crippen LogP contribution in [0.2, 0.25) is 5.02 Å². The lowest BCUT2D eigenvalue weighted by atomic mass is 10.1.